The second kappa shape index (κ2) is 6.81. The van der Waals surface area contributed by atoms with Gasteiger partial charge in [0.05, 0.1) is 0 Å². The first-order valence-electron chi connectivity index (χ1n) is 6.54. The minimum Gasteiger partial charge on any atom is -0.303 e. The third-order valence-corrected chi connectivity index (χ3v) is 5.47. The van der Waals surface area contributed by atoms with E-state index >= 15 is 0 Å². The highest BCUT2D eigenvalue weighted by Gasteiger charge is 2.24. The lowest BCUT2D eigenvalue weighted by Gasteiger charge is -2.35. The summed E-state index contributed by atoms with van der Waals surface area (Å²) in [7, 11) is 0. The van der Waals surface area contributed by atoms with Crippen LogP contribution in [-0.2, 0) is 0 Å². The van der Waals surface area contributed by atoms with E-state index in [0.29, 0.717) is 5.25 Å². The molecule has 0 spiro atoms. The molecule has 2 nitrogen and oxygen atoms in total. The Morgan fingerprint density at radius 3 is 2.25 bits per heavy atom. The number of thiol groups is 1. The van der Waals surface area contributed by atoms with Gasteiger partial charge >= 0.3 is 0 Å². The fourth-order valence-corrected chi connectivity index (χ4v) is 3.77. The molecule has 0 atom stereocenters. The van der Waals surface area contributed by atoms with Crippen molar-refractivity contribution in [1.82, 2.24) is 8.43 Å². The smallest absolute Gasteiger partial charge is 0.0172 e. The molecule has 94 valence electrons. The van der Waals surface area contributed by atoms with Crippen molar-refractivity contribution in [3.63, 3.8) is 0 Å². The number of likely N-dealkylation sites (tertiary alicyclic amines) is 1. The minimum atomic E-state index is 0.662. The van der Waals surface area contributed by atoms with Crippen molar-refractivity contribution in [3.8, 4) is 0 Å². The third kappa shape index (κ3) is 4.03. The van der Waals surface area contributed by atoms with E-state index in [2.05, 4.69) is 43.9 Å². The summed E-state index contributed by atoms with van der Waals surface area (Å²) in [4.78, 5) is 2.66. The standard InChI is InChI=1S/C12H23IN2S/c13-14-11-3-1-10(2-4-11)9-15-7-5-12(16)6-8-15/h10-12,14,16H,1-9H2. The maximum absolute atomic E-state index is 4.56. The fraction of sp³-hybridized carbons (Fsp3) is 1.00. The molecule has 1 aliphatic heterocycles. The molecule has 2 rings (SSSR count). The fourth-order valence-electron chi connectivity index (χ4n) is 2.92. The van der Waals surface area contributed by atoms with Gasteiger partial charge in [-0.3, -0.25) is 3.53 Å². The normalized spacial score (nSPS) is 34.1. The SMILES string of the molecule is SC1CCN(CC2CCC(NI)CC2)CC1. The molecule has 1 N–H and O–H groups in total. The zero-order valence-corrected chi connectivity index (χ0v) is 12.9. The Bertz CT molecular complexity index is 199. The summed E-state index contributed by atoms with van der Waals surface area (Å²) < 4.78 is 3.38. The summed E-state index contributed by atoms with van der Waals surface area (Å²) >= 11 is 6.86. The monoisotopic (exact) mass is 354 g/mol. The highest BCUT2D eigenvalue weighted by molar-refractivity contribution is 14.1. The molecule has 0 aromatic carbocycles. The van der Waals surface area contributed by atoms with Crippen LogP contribution in [0, 0.1) is 5.92 Å². The zero-order chi connectivity index (χ0) is 11.4. The minimum absolute atomic E-state index is 0.662. The predicted octanol–water partition coefficient (Wildman–Crippen LogP) is 2.88. The molecule has 0 aromatic rings. The average Bonchev–Trinajstić information content (AvgIpc) is 2.33. The van der Waals surface area contributed by atoms with E-state index in [-0.39, 0.29) is 0 Å². The third-order valence-electron chi connectivity index (χ3n) is 4.07. The lowest BCUT2D eigenvalue weighted by Crippen LogP contribution is -2.39. The van der Waals surface area contributed by atoms with Gasteiger partial charge in [-0.1, -0.05) is 0 Å². The highest BCUT2D eigenvalue weighted by Crippen LogP contribution is 2.27. The number of hydrogen-bond donors (Lipinski definition) is 2. The van der Waals surface area contributed by atoms with Gasteiger partial charge in [0.2, 0.25) is 0 Å². The maximum atomic E-state index is 4.56. The van der Waals surface area contributed by atoms with E-state index in [0.717, 1.165) is 12.0 Å². The van der Waals surface area contributed by atoms with Gasteiger partial charge < -0.3 is 4.90 Å². The highest BCUT2D eigenvalue weighted by atomic mass is 127. The van der Waals surface area contributed by atoms with Crippen LogP contribution in [0.15, 0.2) is 0 Å². The quantitative estimate of drug-likeness (QED) is 0.460. The van der Waals surface area contributed by atoms with Crippen LogP contribution in [0.5, 0.6) is 0 Å². The zero-order valence-electron chi connectivity index (χ0n) is 9.87. The topological polar surface area (TPSA) is 15.3 Å². The van der Waals surface area contributed by atoms with Crippen LogP contribution >= 0.6 is 35.5 Å². The molecule has 1 heterocycles. The Kier molecular flexibility index (Phi) is 5.71. The second-order valence-corrected chi connectivity index (χ2v) is 6.71. The Balaban J connectivity index is 1.66. The molecule has 1 saturated heterocycles. The molecular formula is C12H23IN2S. The number of piperidine rings is 1. The van der Waals surface area contributed by atoms with Crippen LogP contribution in [0.3, 0.4) is 0 Å². The lowest BCUT2D eigenvalue weighted by molar-refractivity contribution is 0.171. The van der Waals surface area contributed by atoms with Gasteiger partial charge in [0.15, 0.2) is 0 Å². The van der Waals surface area contributed by atoms with Crippen molar-refractivity contribution in [1.29, 1.82) is 0 Å². The van der Waals surface area contributed by atoms with E-state index in [1.807, 2.05) is 0 Å². The molecule has 1 saturated carbocycles. The molecule has 0 unspecified atom stereocenters. The Morgan fingerprint density at radius 2 is 1.69 bits per heavy atom. The summed E-state index contributed by atoms with van der Waals surface area (Å²) in [5, 5.41) is 0.662. The van der Waals surface area contributed by atoms with Crippen LogP contribution in [0.1, 0.15) is 38.5 Å². The molecule has 0 bridgehead atoms. The predicted molar refractivity (Wildman–Crippen MR) is 81.3 cm³/mol. The lowest BCUT2D eigenvalue weighted by atomic mass is 9.86. The van der Waals surface area contributed by atoms with Crippen molar-refractivity contribution in [3.05, 3.63) is 0 Å². The summed E-state index contributed by atoms with van der Waals surface area (Å²) in [5.74, 6) is 0.956. The van der Waals surface area contributed by atoms with Crippen LogP contribution in [0.25, 0.3) is 0 Å². The average molecular weight is 354 g/mol. The molecule has 0 radical (unpaired) electrons. The summed E-state index contributed by atoms with van der Waals surface area (Å²) in [6.07, 6.45) is 8.15. The number of rotatable bonds is 3. The second-order valence-electron chi connectivity index (χ2n) is 5.36. The molecule has 4 heteroatoms. The largest absolute Gasteiger partial charge is 0.303 e. The summed E-state index contributed by atoms with van der Waals surface area (Å²) in [6, 6.07) is 0.778. The first kappa shape index (κ1) is 13.4. The van der Waals surface area contributed by atoms with Gasteiger partial charge in [0.25, 0.3) is 0 Å². The Hall–Kier alpha value is 1.00. The Labute approximate surface area is 119 Å². The molecule has 2 aliphatic rings. The van der Waals surface area contributed by atoms with Crippen LogP contribution < -0.4 is 3.53 Å². The van der Waals surface area contributed by atoms with Crippen molar-refractivity contribution in [2.75, 3.05) is 19.6 Å². The van der Waals surface area contributed by atoms with Gasteiger partial charge in [-0.05, 0) is 57.5 Å². The first-order valence-corrected chi connectivity index (χ1v) is 8.14. The van der Waals surface area contributed by atoms with Crippen LogP contribution in [-0.4, -0.2) is 35.8 Å². The van der Waals surface area contributed by atoms with Gasteiger partial charge in [0, 0.05) is 40.7 Å². The van der Waals surface area contributed by atoms with Crippen LogP contribution in [0.4, 0.5) is 0 Å². The molecule has 0 aromatic heterocycles. The molecule has 1 aliphatic carbocycles. The summed E-state index contributed by atoms with van der Waals surface area (Å²) in [5.41, 5.74) is 0. The van der Waals surface area contributed by atoms with Gasteiger partial charge in [0.1, 0.15) is 0 Å². The number of halogens is 1. The number of hydrogen-bond acceptors (Lipinski definition) is 3. The first-order chi connectivity index (χ1) is 7.78. The van der Waals surface area contributed by atoms with E-state index in [1.54, 1.807) is 0 Å². The van der Waals surface area contributed by atoms with Gasteiger partial charge in [-0.2, -0.15) is 12.6 Å². The van der Waals surface area contributed by atoms with Crippen LogP contribution in [0.2, 0.25) is 0 Å². The Morgan fingerprint density at radius 1 is 1.06 bits per heavy atom. The molecule has 0 amide bonds. The molecule has 2 fully saturated rings. The summed E-state index contributed by atoms with van der Waals surface area (Å²) in [6.45, 7) is 3.89. The van der Waals surface area contributed by atoms with E-state index < -0.39 is 0 Å². The number of nitrogens with one attached hydrogen (secondary N) is 1. The van der Waals surface area contributed by atoms with E-state index in [4.69, 9.17) is 0 Å². The van der Waals surface area contributed by atoms with Gasteiger partial charge in [-0.15, -0.1) is 0 Å². The van der Waals surface area contributed by atoms with Crippen molar-refractivity contribution in [2.45, 2.75) is 49.8 Å². The van der Waals surface area contributed by atoms with Crippen molar-refractivity contribution >= 4 is 35.5 Å². The molecule has 16 heavy (non-hydrogen) atoms. The van der Waals surface area contributed by atoms with Crippen molar-refractivity contribution in [2.24, 2.45) is 5.92 Å². The molecular weight excluding hydrogens is 331 g/mol. The number of nitrogens with zero attached hydrogens (tertiary/aromatic N) is 1. The van der Waals surface area contributed by atoms with E-state index in [1.165, 1.54) is 58.2 Å². The maximum Gasteiger partial charge on any atom is 0.0172 e. The van der Waals surface area contributed by atoms with E-state index in [9.17, 15) is 0 Å². The van der Waals surface area contributed by atoms with Crippen molar-refractivity contribution < 1.29 is 0 Å². The van der Waals surface area contributed by atoms with Gasteiger partial charge in [-0.25, -0.2) is 0 Å².